The van der Waals surface area contributed by atoms with Crippen molar-refractivity contribution in [2.45, 2.75) is 4.90 Å². The van der Waals surface area contributed by atoms with Crippen LogP contribution in [0.5, 0.6) is 11.5 Å². The molecule has 9 nitrogen and oxygen atoms in total. The summed E-state index contributed by atoms with van der Waals surface area (Å²) in [5.74, 6) is -0.992. The van der Waals surface area contributed by atoms with E-state index in [1.807, 2.05) is 0 Å². The van der Waals surface area contributed by atoms with Crippen molar-refractivity contribution in [3.05, 3.63) is 95.0 Å². The molecular formula is C26H19F2N3O6S. The predicted molar refractivity (Wildman–Crippen MR) is 135 cm³/mol. The summed E-state index contributed by atoms with van der Waals surface area (Å²) in [5.41, 5.74) is 0.252. The molecule has 0 saturated heterocycles. The van der Waals surface area contributed by atoms with Gasteiger partial charge in [-0.25, -0.2) is 17.2 Å². The third-order valence-corrected chi connectivity index (χ3v) is 7.17. The van der Waals surface area contributed by atoms with Crippen molar-refractivity contribution in [3.63, 3.8) is 0 Å². The van der Waals surface area contributed by atoms with Crippen molar-refractivity contribution in [2.24, 2.45) is 0 Å². The van der Waals surface area contributed by atoms with Gasteiger partial charge in [-0.05, 0) is 42.5 Å². The van der Waals surface area contributed by atoms with Gasteiger partial charge < -0.3 is 14.0 Å². The Morgan fingerprint density at radius 2 is 1.68 bits per heavy atom. The largest absolute Gasteiger partial charge is 0.496 e. The van der Waals surface area contributed by atoms with E-state index in [2.05, 4.69) is 14.4 Å². The minimum absolute atomic E-state index is 0.00755. The smallest absolute Gasteiger partial charge is 0.263 e. The SMILES string of the molecule is COc1cc(F)ccc1-c1cc(OC)c(-n2c(=O)ccc3cc(S(=O)(=O)Nc4ccon4)ccc32)cc1F. The van der Waals surface area contributed by atoms with Crippen molar-refractivity contribution in [2.75, 3.05) is 18.9 Å². The number of benzene rings is 3. The third kappa shape index (κ3) is 4.45. The summed E-state index contributed by atoms with van der Waals surface area (Å²) in [7, 11) is -1.31. The van der Waals surface area contributed by atoms with Crippen LogP contribution in [-0.4, -0.2) is 32.4 Å². The summed E-state index contributed by atoms with van der Waals surface area (Å²) in [6.45, 7) is 0. The topological polar surface area (TPSA) is 113 Å². The van der Waals surface area contributed by atoms with Gasteiger partial charge in [0.1, 0.15) is 29.4 Å². The van der Waals surface area contributed by atoms with Crippen LogP contribution < -0.4 is 19.8 Å². The lowest BCUT2D eigenvalue weighted by molar-refractivity contribution is 0.410. The third-order valence-electron chi connectivity index (χ3n) is 5.82. The maximum Gasteiger partial charge on any atom is 0.263 e. The molecule has 5 aromatic rings. The lowest BCUT2D eigenvalue weighted by Gasteiger charge is -2.17. The van der Waals surface area contributed by atoms with Gasteiger partial charge in [0.05, 0.1) is 30.3 Å². The second-order valence-corrected chi connectivity index (χ2v) is 9.75. The molecule has 5 rings (SSSR count). The molecule has 0 aliphatic carbocycles. The highest BCUT2D eigenvalue weighted by Gasteiger charge is 2.21. The highest BCUT2D eigenvalue weighted by molar-refractivity contribution is 7.92. The molecule has 2 heterocycles. The number of sulfonamides is 1. The number of hydrogen-bond acceptors (Lipinski definition) is 7. The Bertz CT molecular complexity index is 1840. The number of fused-ring (bicyclic) bond motifs is 1. The summed E-state index contributed by atoms with van der Waals surface area (Å²) < 4.78 is 73.6. The first-order valence-electron chi connectivity index (χ1n) is 11.0. The van der Waals surface area contributed by atoms with Crippen molar-refractivity contribution in [1.29, 1.82) is 0 Å². The summed E-state index contributed by atoms with van der Waals surface area (Å²) in [4.78, 5) is 12.9. The van der Waals surface area contributed by atoms with Crippen LogP contribution in [0.2, 0.25) is 0 Å². The minimum Gasteiger partial charge on any atom is -0.496 e. The van der Waals surface area contributed by atoms with Gasteiger partial charge in [0.2, 0.25) is 0 Å². The molecule has 1 N–H and O–H groups in total. The monoisotopic (exact) mass is 539 g/mol. The molecule has 0 unspecified atom stereocenters. The number of pyridine rings is 1. The maximum atomic E-state index is 15.5. The van der Waals surface area contributed by atoms with Gasteiger partial charge >= 0.3 is 0 Å². The molecule has 0 saturated carbocycles. The molecule has 38 heavy (non-hydrogen) atoms. The molecule has 0 bridgehead atoms. The summed E-state index contributed by atoms with van der Waals surface area (Å²) >= 11 is 0. The van der Waals surface area contributed by atoms with Crippen LogP contribution in [0, 0.1) is 11.6 Å². The number of rotatable bonds is 7. The summed E-state index contributed by atoms with van der Waals surface area (Å²) in [5, 5.41) is 3.93. The summed E-state index contributed by atoms with van der Waals surface area (Å²) in [6.07, 6.45) is 1.22. The van der Waals surface area contributed by atoms with Crippen LogP contribution in [0.25, 0.3) is 27.7 Å². The van der Waals surface area contributed by atoms with Gasteiger partial charge in [-0.3, -0.25) is 14.1 Å². The Kier molecular flexibility index (Phi) is 6.33. The molecule has 12 heteroatoms. The minimum atomic E-state index is -4.01. The Morgan fingerprint density at radius 1 is 0.895 bits per heavy atom. The van der Waals surface area contributed by atoms with Crippen molar-refractivity contribution >= 4 is 26.7 Å². The Labute approximate surface area is 214 Å². The number of hydrogen-bond donors (Lipinski definition) is 1. The van der Waals surface area contributed by atoms with Gasteiger partial charge in [0.15, 0.2) is 5.82 Å². The zero-order valence-electron chi connectivity index (χ0n) is 19.9. The standard InChI is InChI=1S/C26H19F2N3O6S/c1-35-23-12-16(27)4-6-18(23)19-13-24(36-2)22(14-20(19)28)31-21-7-5-17(11-15(21)3-8-26(31)32)38(33,34)30-25-9-10-37-29-25/h3-14H,1-2H3,(H,29,30). The van der Waals surface area contributed by atoms with Crippen LogP contribution in [0.15, 0.2) is 87.2 Å². The fourth-order valence-electron chi connectivity index (χ4n) is 4.08. The van der Waals surface area contributed by atoms with Crippen LogP contribution in [0.4, 0.5) is 14.6 Å². The van der Waals surface area contributed by atoms with Crippen LogP contribution in [0.3, 0.4) is 0 Å². The summed E-state index contributed by atoms with van der Waals surface area (Å²) in [6, 6.07) is 14.3. The number of ether oxygens (including phenoxy) is 2. The second-order valence-electron chi connectivity index (χ2n) is 8.07. The molecular weight excluding hydrogens is 520 g/mol. The van der Waals surface area contributed by atoms with Crippen LogP contribution >= 0.6 is 0 Å². The lowest BCUT2D eigenvalue weighted by Crippen LogP contribution is -2.19. The Hall–Kier alpha value is -4.71. The molecule has 2 aromatic heterocycles. The first-order valence-corrected chi connectivity index (χ1v) is 12.5. The average molecular weight is 540 g/mol. The first kappa shape index (κ1) is 25.0. The van der Waals surface area contributed by atoms with Crippen LogP contribution in [0.1, 0.15) is 0 Å². The Balaban J connectivity index is 1.65. The highest BCUT2D eigenvalue weighted by atomic mass is 32.2. The average Bonchev–Trinajstić information content (AvgIpc) is 3.40. The lowest BCUT2D eigenvalue weighted by atomic mass is 10.0. The number of nitrogens with one attached hydrogen (secondary N) is 1. The van der Waals surface area contributed by atoms with Crippen molar-refractivity contribution in [1.82, 2.24) is 9.72 Å². The van der Waals surface area contributed by atoms with E-state index in [9.17, 15) is 17.6 Å². The fourth-order valence-corrected chi connectivity index (χ4v) is 5.10. The van der Waals surface area contributed by atoms with Gasteiger partial charge in [0, 0.05) is 40.8 Å². The second kappa shape index (κ2) is 9.63. The van der Waals surface area contributed by atoms with E-state index in [4.69, 9.17) is 9.47 Å². The maximum absolute atomic E-state index is 15.5. The van der Waals surface area contributed by atoms with E-state index in [1.165, 1.54) is 79.6 Å². The molecule has 194 valence electrons. The van der Waals surface area contributed by atoms with E-state index < -0.39 is 27.2 Å². The molecule has 0 atom stereocenters. The van der Waals surface area contributed by atoms with Gasteiger partial charge in [-0.1, -0.05) is 5.16 Å². The Morgan fingerprint density at radius 3 is 2.39 bits per heavy atom. The van der Waals surface area contributed by atoms with E-state index >= 15 is 4.39 Å². The molecule has 0 amide bonds. The fraction of sp³-hybridized carbons (Fsp3) is 0.0769. The molecule has 0 spiro atoms. The predicted octanol–water partition coefficient (Wildman–Crippen LogP) is 4.74. The van der Waals surface area contributed by atoms with E-state index in [-0.39, 0.29) is 39.0 Å². The molecule has 0 fully saturated rings. The van der Waals surface area contributed by atoms with E-state index in [0.717, 1.165) is 12.1 Å². The highest BCUT2D eigenvalue weighted by Crippen LogP contribution is 2.37. The van der Waals surface area contributed by atoms with Crippen molar-refractivity contribution in [3.8, 4) is 28.3 Å². The molecule has 0 radical (unpaired) electrons. The van der Waals surface area contributed by atoms with Crippen LogP contribution in [-0.2, 0) is 10.0 Å². The van der Waals surface area contributed by atoms with Gasteiger partial charge in [-0.2, -0.15) is 0 Å². The number of aromatic nitrogens is 2. The first-order chi connectivity index (χ1) is 18.2. The van der Waals surface area contributed by atoms with E-state index in [1.54, 1.807) is 0 Å². The quantitative estimate of drug-likeness (QED) is 0.318. The molecule has 3 aromatic carbocycles. The number of methoxy groups -OCH3 is 2. The molecule has 0 aliphatic rings. The number of anilines is 1. The van der Waals surface area contributed by atoms with Gasteiger partial charge in [-0.15, -0.1) is 0 Å². The van der Waals surface area contributed by atoms with Gasteiger partial charge in [0.25, 0.3) is 15.6 Å². The van der Waals surface area contributed by atoms with Crippen molar-refractivity contribution < 1.29 is 31.2 Å². The normalized spacial score (nSPS) is 11.5. The zero-order chi connectivity index (χ0) is 27.0. The van der Waals surface area contributed by atoms with E-state index in [0.29, 0.717) is 10.9 Å². The number of nitrogens with zero attached hydrogens (tertiary/aromatic N) is 2. The number of halogens is 2. The molecule has 0 aliphatic heterocycles. The zero-order valence-corrected chi connectivity index (χ0v) is 20.8.